The number of para-hydroxylation sites is 2. The lowest BCUT2D eigenvalue weighted by molar-refractivity contribution is 0.0989. The van der Waals surface area contributed by atoms with Crippen molar-refractivity contribution in [2.75, 3.05) is 0 Å². The number of hydrogen-bond acceptors (Lipinski definition) is 4. The molecule has 128 valence electrons. The Morgan fingerprint density at radius 1 is 0.923 bits per heavy atom. The van der Waals surface area contributed by atoms with Crippen LogP contribution >= 0.6 is 23.4 Å². The van der Waals surface area contributed by atoms with Crippen LogP contribution in [0.15, 0.2) is 88.5 Å². The maximum Gasteiger partial charge on any atom is 0.257 e. The summed E-state index contributed by atoms with van der Waals surface area (Å²) in [4.78, 5) is 17.6. The molecule has 1 atom stereocenters. The molecule has 0 amide bonds. The van der Waals surface area contributed by atoms with Gasteiger partial charge < -0.3 is 4.42 Å². The molecule has 0 saturated heterocycles. The zero-order chi connectivity index (χ0) is 17.9. The van der Waals surface area contributed by atoms with Crippen LogP contribution in [0.3, 0.4) is 0 Å². The van der Waals surface area contributed by atoms with Crippen molar-refractivity contribution in [2.45, 2.75) is 10.5 Å². The molecule has 0 spiro atoms. The molecule has 4 aromatic rings. The highest BCUT2D eigenvalue weighted by Crippen LogP contribution is 2.38. The van der Waals surface area contributed by atoms with E-state index >= 15 is 0 Å². The number of carbonyl (C=O) groups excluding carboxylic acids is 1. The van der Waals surface area contributed by atoms with Gasteiger partial charge in [0.1, 0.15) is 10.8 Å². The van der Waals surface area contributed by atoms with E-state index in [0.29, 0.717) is 21.4 Å². The van der Waals surface area contributed by atoms with Crippen molar-refractivity contribution in [3.05, 3.63) is 95.0 Å². The van der Waals surface area contributed by atoms with Gasteiger partial charge >= 0.3 is 0 Å². The van der Waals surface area contributed by atoms with E-state index in [2.05, 4.69) is 4.98 Å². The molecule has 3 nitrogen and oxygen atoms in total. The molecule has 0 radical (unpaired) electrons. The number of Topliss-reactive ketones (excluding diaryl/α,β-unsaturated/α-hetero) is 1. The summed E-state index contributed by atoms with van der Waals surface area (Å²) in [7, 11) is 0. The Morgan fingerprint density at radius 2 is 1.62 bits per heavy atom. The van der Waals surface area contributed by atoms with Gasteiger partial charge in [-0.3, -0.25) is 4.79 Å². The summed E-state index contributed by atoms with van der Waals surface area (Å²) in [6.45, 7) is 0. The highest BCUT2D eigenvalue weighted by atomic mass is 35.5. The van der Waals surface area contributed by atoms with Gasteiger partial charge in [0.25, 0.3) is 5.22 Å². The number of thioether (sulfide) groups is 1. The minimum atomic E-state index is -0.470. The van der Waals surface area contributed by atoms with Gasteiger partial charge in [0.05, 0.1) is 0 Å². The normalized spacial score (nSPS) is 12.2. The predicted octanol–water partition coefficient (Wildman–Crippen LogP) is 6.20. The number of nitrogens with zero attached hydrogens (tertiary/aromatic N) is 1. The highest BCUT2D eigenvalue weighted by Gasteiger charge is 2.25. The average Bonchev–Trinajstić information content (AvgIpc) is 3.10. The number of fused-ring (bicyclic) bond motifs is 1. The van der Waals surface area contributed by atoms with Gasteiger partial charge in [0.15, 0.2) is 11.4 Å². The van der Waals surface area contributed by atoms with E-state index in [9.17, 15) is 4.79 Å². The zero-order valence-electron chi connectivity index (χ0n) is 13.6. The highest BCUT2D eigenvalue weighted by molar-refractivity contribution is 8.00. The molecule has 0 aliphatic carbocycles. The fourth-order valence-electron chi connectivity index (χ4n) is 2.67. The molecule has 0 fully saturated rings. The summed E-state index contributed by atoms with van der Waals surface area (Å²) >= 11 is 7.31. The minimum Gasteiger partial charge on any atom is -0.431 e. The molecular weight excluding hydrogens is 366 g/mol. The van der Waals surface area contributed by atoms with Crippen LogP contribution in [0.25, 0.3) is 11.1 Å². The number of oxazole rings is 1. The first-order valence-electron chi connectivity index (χ1n) is 8.08. The van der Waals surface area contributed by atoms with Crippen molar-refractivity contribution in [3.8, 4) is 0 Å². The Hall–Kier alpha value is -2.56. The molecule has 1 aromatic heterocycles. The zero-order valence-corrected chi connectivity index (χ0v) is 15.2. The van der Waals surface area contributed by atoms with Gasteiger partial charge in [-0.25, -0.2) is 4.98 Å². The number of aromatic nitrogens is 1. The van der Waals surface area contributed by atoms with Crippen LogP contribution in [0.2, 0.25) is 5.02 Å². The van der Waals surface area contributed by atoms with Crippen LogP contribution in [0.4, 0.5) is 0 Å². The monoisotopic (exact) mass is 379 g/mol. The third kappa shape index (κ3) is 3.52. The molecule has 1 heterocycles. The number of carbonyl (C=O) groups is 1. The number of benzene rings is 3. The molecule has 0 bridgehead atoms. The average molecular weight is 380 g/mol. The third-order valence-corrected chi connectivity index (χ3v) is 5.31. The van der Waals surface area contributed by atoms with E-state index < -0.39 is 5.25 Å². The maximum absolute atomic E-state index is 13.1. The van der Waals surface area contributed by atoms with Crippen molar-refractivity contribution >= 4 is 40.2 Å². The van der Waals surface area contributed by atoms with E-state index in [4.69, 9.17) is 16.0 Å². The molecule has 0 aliphatic rings. The Morgan fingerprint density at radius 3 is 2.35 bits per heavy atom. The SMILES string of the molecule is O=C(c1ccccc1)[C@@H](Sc1nc2ccccc2o1)c1ccc(Cl)cc1. The quantitative estimate of drug-likeness (QED) is 0.306. The molecule has 0 saturated carbocycles. The van der Waals surface area contributed by atoms with E-state index in [1.165, 1.54) is 11.8 Å². The van der Waals surface area contributed by atoms with Crippen molar-refractivity contribution in [2.24, 2.45) is 0 Å². The fourth-order valence-corrected chi connectivity index (χ4v) is 3.82. The molecule has 3 aromatic carbocycles. The predicted molar refractivity (Wildman–Crippen MR) is 105 cm³/mol. The van der Waals surface area contributed by atoms with Crippen molar-refractivity contribution in [1.29, 1.82) is 0 Å². The minimum absolute atomic E-state index is 0.000165. The standard InChI is InChI=1S/C21H14ClNO2S/c22-16-12-10-15(11-13-16)20(19(24)14-6-2-1-3-7-14)26-21-23-17-8-4-5-9-18(17)25-21/h1-13,20H/t20-/m0/s1. The van der Waals surface area contributed by atoms with Gasteiger partial charge in [-0.2, -0.15) is 0 Å². The van der Waals surface area contributed by atoms with Crippen LogP contribution in [-0.4, -0.2) is 10.8 Å². The number of ketones is 1. The van der Waals surface area contributed by atoms with Crippen molar-refractivity contribution < 1.29 is 9.21 Å². The van der Waals surface area contributed by atoms with E-state index in [1.807, 2.05) is 66.7 Å². The smallest absolute Gasteiger partial charge is 0.257 e. The largest absolute Gasteiger partial charge is 0.431 e. The lowest BCUT2D eigenvalue weighted by atomic mass is 10.0. The van der Waals surface area contributed by atoms with Gasteiger partial charge in [-0.05, 0) is 29.8 Å². The third-order valence-electron chi connectivity index (χ3n) is 3.96. The van der Waals surface area contributed by atoms with E-state index in [-0.39, 0.29) is 5.78 Å². The van der Waals surface area contributed by atoms with E-state index in [0.717, 1.165) is 11.1 Å². The van der Waals surface area contributed by atoms with Crippen LogP contribution < -0.4 is 0 Å². The fraction of sp³-hybridized carbons (Fsp3) is 0.0476. The molecule has 0 aliphatic heterocycles. The van der Waals surface area contributed by atoms with Crippen molar-refractivity contribution in [3.63, 3.8) is 0 Å². The van der Waals surface area contributed by atoms with Crippen LogP contribution in [-0.2, 0) is 0 Å². The topological polar surface area (TPSA) is 43.1 Å². The van der Waals surface area contributed by atoms with Gasteiger partial charge in [-0.1, -0.05) is 78.0 Å². The number of rotatable bonds is 5. The molecule has 4 rings (SSSR count). The first kappa shape index (κ1) is 16.9. The second-order valence-electron chi connectivity index (χ2n) is 5.73. The molecule has 26 heavy (non-hydrogen) atoms. The number of halogens is 1. The molecule has 0 N–H and O–H groups in total. The number of hydrogen-bond donors (Lipinski definition) is 0. The van der Waals surface area contributed by atoms with Crippen LogP contribution in [0, 0.1) is 0 Å². The first-order chi connectivity index (χ1) is 12.7. The second-order valence-corrected chi connectivity index (χ2v) is 7.22. The summed E-state index contributed by atoms with van der Waals surface area (Å²) in [6.07, 6.45) is 0. The first-order valence-corrected chi connectivity index (χ1v) is 9.33. The Bertz CT molecular complexity index is 1010. The summed E-state index contributed by atoms with van der Waals surface area (Å²) in [6, 6.07) is 24.1. The summed E-state index contributed by atoms with van der Waals surface area (Å²) in [5.74, 6) is 0.000165. The molecule has 5 heteroatoms. The van der Waals surface area contributed by atoms with Crippen molar-refractivity contribution in [1.82, 2.24) is 4.98 Å². The lowest BCUT2D eigenvalue weighted by Crippen LogP contribution is -2.10. The Balaban J connectivity index is 1.72. The Kier molecular flexibility index (Phi) is 4.78. The van der Waals surface area contributed by atoms with Crippen LogP contribution in [0.1, 0.15) is 21.2 Å². The maximum atomic E-state index is 13.1. The lowest BCUT2D eigenvalue weighted by Gasteiger charge is -2.14. The molecular formula is C21H14ClNO2S. The molecule has 0 unspecified atom stereocenters. The van der Waals surface area contributed by atoms with Gasteiger partial charge in [0, 0.05) is 10.6 Å². The second kappa shape index (κ2) is 7.36. The van der Waals surface area contributed by atoms with Crippen LogP contribution in [0.5, 0.6) is 0 Å². The summed E-state index contributed by atoms with van der Waals surface area (Å²) in [5, 5.41) is 0.629. The van der Waals surface area contributed by atoms with Gasteiger partial charge in [0.2, 0.25) is 0 Å². The summed E-state index contributed by atoms with van der Waals surface area (Å²) in [5.41, 5.74) is 2.99. The van der Waals surface area contributed by atoms with Gasteiger partial charge in [-0.15, -0.1) is 0 Å². The Labute approximate surface area is 160 Å². The van der Waals surface area contributed by atoms with E-state index in [1.54, 1.807) is 12.1 Å². The summed E-state index contributed by atoms with van der Waals surface area (Å²) < 4.78 is 5.80.